The summed E-state index contributed by atoms with van der Waals surface area (Å²) < 4.78 is 0. The number of carbonyl (C=O) groups is 2. The van der Waals surface area contributed by atoms with Crippen LogP contribution in [0.2, 0.25) is 0 Å². The summed E-state index contributed by atoms with van der Waals surface area (Å²) in [5.41, 5.74) is 2.11. The van der Waals surface area contributed by atoms with Crippen LogP contribution in [-0.2, 0) is 16.0 Å². The van der Waals surface area contributed by atoms with Gasteiger partial charge in [-0.25, -0.2) is 4.90 Å². The van der Waals surface area contributed by atoms with E-state index in [0.717, 1.165) is 44.3 Å². The van der Waals surface area contributed by atoms with Gasteiger partial charge in [-0.2, -0.15) is 0 Å². The molecule has 0 saturated carbocycles. The molecule has 22 heavy (non-hydrogen) atoms. The van der Waals surface area contributed by atoms with E-state index in [1.807, 2.05) is 17.0 Å². The maximum Gasteiger partial charge on any atom is 0.283 e. The lowest BCUT2D eigenvalue weighted by Gasteiger charge is -2.29. The highest BCUT2D eigenvalue weighted by Gasteiger charge is 2.41. The third kappa shape index (κ3) is 2.52. The summed E-state index contributed by atoms with van der Waals surface area (Å²) in [6.45, 7) is 3.63. The fourth-order valence-electron chi connectivity index (χ4n) is 3.00. The summed E-state index contributed by atoms with van der Waals surface area (Å²) in [5.74, 6) is -0.724. The first-order valence-corrected chi connectivity index (χ1v) is 8.13. The molecule has 2 aliphatic heterocycles. The number of imide groups is 1. The molecule has 116 valence electrons. The van der Waals surface area contributed by atoms with Crippen LogP contribution in [0.25, 0.3) is 0 Å². The predicted molar refractivity (Wildman–Crippen MR) is 86.6 cm³/mol. The molecule has 5 heteroatoms. The van der Waals surface area contributed by atoms with E-state index < -0.39 is 5.91 Å². The molecule has 4 nitrogen and oxygen atoms in total. The van der Waals surface area contributed by atoms with Gasteiger partial charge in [-0.3, -0.25) is 9.59 Å². The topological polar surface area (TPSA) is 40.6 Å². The monoisotopic (exact) mass is 318 g/mol. The molecular weight excluding hydrogens is 300 g/mol. The van der Waals surface area contributed by atoms with Crippen molar-refractivity contribution in [2.45, 2.75) is 32.6 Å². The number of piperidine rings is 1. The fraction of sp³-hybridized carbons (Fsp3) is 0.412. The highest BCUT2D eigenvalue weighted by Crippen LogP contribution is 2.32. The van der Waals surface area contributed by atoms with E-state index in [2.05, 4.69) is 6.92 Å². The number of hydrogen-bond acceptors (Lipinski definition) is 3. The van der Waals surface area contributed by atoms with E-state index in [0.29, 0.717) is 11.4 Å². The van der Waals surface area contributed by atoms with Crippen molar-refractivity contribution in [3.63, 3.8) is 0 Å². The number of hydrogen-bond donors (Lipinski definition) is 0. The lowest BCUT2D eigenvalue weighted by Crippen LogP contribution is -2.37. The van der Waals surface area contributed by atoms with Crippen LogP contribution in [0.3, 0.4) is 0 Å². The Balaban J connectivity index is 1.89. The second-order valence-electron chi connectivity index (χ2n) is 5.68. The van der Waals surface area contributed by atoms with Crippen LogP contribution in [0.5, 0.6) is 0 Å². The normalized spacial score (nSPS) is 19.4. The van der Waals surface area contributed by atoms with Crippen LogP contribution in [-0.4, -0.2) is 29.8 Å². The van der Waals surface area contributed by atoms with Crippen molar-refractivity contribution in [1.29, 1.82) is 0 Å². The first kappa shape index (κ1) is 15.1. The van der Waals surface area contributed by atoms with E-state index in [9.17, 15) is 9.59 Å². The summed E-state index contributed by atoms with van der Waals surface area (Å²) in [7, 11) is 0. The number of benzene rings is 1. The molecular formula is C17H19ClN2O2. The van der Waals surface area contributed by atoms with Crippen molar-refractivity contribution in [2.24, 2.45) is 0 Å². The molecule has 3 rings (SSSR count). The van der Waals surface area contributed by atoms with Gasteiger partial charge in [0.15, 0.2) is 0 Å². The van der Waals surface area contributed by atoms with E-state index in [1.54, 1.807) is 12.1 Å². The standard InChI is InChI=1S/C17H19ClN2O2/c1-2-12-6-8-13(9-7-12)20-16(21)14(18)15(17(20)22)19-10-4-3-5-11-19/h6-9H,2-5,10-11H2,1H3. The number of halogens is 1. The largest absolute Gasteiger partial charge is 0.366 e. The molecule has 0 N–H and O–H groups in total. The minimum absolute atomic E-state index is 0.0477. The number of anilines is 1. The Kier molecular flexibility index (Phi) is 4.21. The van der Waals surface area contributed by atoms with Gasteiger partial charge >= 0.3 is 0 Å². The van der Waals surface area contributed by atoms with Gasteiger partial charge in [-0.05, 0) is 43.4 Å². The van der Waals surface area contributed by atoms with Gasteiger partial charge in [0.25, 0.3) is 11.8 Å². The summed E-state index contributed by atoms with van der Waals surface area (Å²) in [4.78, 5) is 28.3. The minimum atomic E-state index is -0.420. The van der Waals surface area contributed by atoms with Crippen molar-refractivity contribution < 1.29 is 9.59 Å². The fourth-order valence-corrected chi connectivity index (χ4v) is 3.28. The van der Waals surface area contributed by atoms with Gasteiger partial charge in [-0.15, -0.1) is 0 Å². The molecule has 0 radical (unpaired) electrons. The number of aryl methyl sites for hydroxylation is 1. The zero-order chi connectivity index (χ0) is 15.7. The van der Waals surface area contributed by atoms with Crippen LogP contribution in [0.4, 0.5) is 5.69 Å². The molecule has 1 aromatic carbocycles. The molecule has 2 aliphatic rings. The number of nitrogens with zero attached hydrogens (tertiary/aromatic N) is 2. The maximum absolute atomic E-state index is 12.7. The lowest BCUT2D eigenvalue weighted by molar-refractivity contribution is -0.121. The van der Waals surface area contributed by atoms with Crippen molar-refractivity contribution in [3.05, 3.63) is 40.6 Å². The molecule has 0 spiro atoms. The molecule has 2 heterocycles. The van der Waals surface area contributed by atoms with Crippen LogP contribution in [0.15, 0.2) is 35.0 Å². The summed E-state index contributed by atoms with van der Waals surface area (Å²) in [5, 5.41) is 0.0477. The Morgan fingerprint density at radius 2 is 1.64 bits per heavy atom. The molecule has 2 amide bonds. The lowest BCUT2D eigenvalue weighted by atomic mass is 10.1. The molecule has 0 unspecified atom stereocenters. The third-order valence-electron chi connectivity index (χ3n) is 4.28. The summed E-state index contributed by atoms with van der Waals surface area (Å²) in [6.07, 6.45) is 4.13. The van der Waals surface area contributed by atoms with Crippen LogP contribution >= 0.6 is 11.6 Å². The Morgan fingerprint density at radius 1 is 1.00 bits per heavy atom. The van der Waals surface area contributed by atoms with E-state index >= 15 is 0 Å². The van der Waals surface area contributed by atoms with Gasteiger partial charge in [0.2, 0.25) is 0 Å². The average molecular weight is 319 g/mol. The molecule has 1 aromatic rings. The summed E-state index contributed by atoms with van der Waals surface area (Å²) in [6, 6.07) is 7.47. The second kappa shape index (κ2) is 6.13. The molecule has 1 saturated heterocycles. The molecule has 0 bridgehead atoms. The Labute approximate surface area is 135 Å². The average Bonchev–Trinajstić information content (AvgIpc) is 2.78. The first-order chi connectivity index (χ1) is 10.6. The smallest absolute Gasteiger partial charge is 0.283 e. The van der Waals surface area contributed by atoms with Crippen molar-refractivity contribution in [1.82, 2.24) is 4.90 Å². The van der Waals surface area contributed by atoms with E-state index in [4.69, 9.17) is 11.6 Å². The third-order valence-corrected chi connectivity index (χ3v) is 4.62. The van der Waals surface area contributed by atoms with Gasteiger partial charge in [0.1, 0.15) is 10.7 Å². The van der Waals surface area contributed by atoms with Crippen molar-refractivity contribution >= 4 is 29.1 Å². The highest BCUT2D eigenvalue weighted by molar-refractivity contribution is 6.52. The van der Waals surface area contributed by atoms with Crippen molar-refractivity contribution in [3.8, 4) is 0 Å². The zero-order valence-electron chi connectivity index (χ0n) is 12.6. The Hall–Kier alpha value is -1.81. The second-order valence-corrected chi connectivity index (χ2v) is 6.05. The van der Waals surface area contributed by atoms with Crippen LogP contribution < -0.4 is 4.90 Å². The van der Waals surface area contributed by atoms with Crippen molar-refractivity contribution in [2.75, 3.05) is 18.0 Å². The van der Waals surface area contributed by atoms with Gasteiger partial charge < -0.3 is 4.90 Å². The Bertz CT molecular complexity index is 631. The SMILES string of the molecule is CCc1ccc(N2C(=O)C(Cl)=C(N3CCCCC3)C2=O)cc1. The molecule has 1 fully saturated rings. The maximum atomic E-state index is 12.7. The molecule has 0 aromatic heterocycles. The quantitative estimate of drug-likeness (QED) is 0.804. The van der Waals surface area contributed by atoms with Crippen LogP contribution in [0.1, 0.15) is 31.7 Å². The number of amides is 2. The molecule has 0 atom stereocenters. The molecule has 0 aliphatic carbocycles. The van der Waals surface area contributed by atoms with Gasteiger partial charge in [0.05, 0.1) is 5.69 Å². The van der Waals surface area contributed by atoms with E-state index in [-0.39, 0.29) is 10.9 Å². The van der Waals surface area contributed by atoms with Gasteiger partial charge in [-0.1, -0.05) is 30.7 Å². The number of carbonyl (C=O) groups excluding carboxylic acids is 2. The Morgan fingerprint density at radius 3 is 2.23 bits per heavy atom. The number of rotatable bonds is 3. The first-order valence-electron chi connectivity index (χ1n) is 7.76. The number of likely N-dealkylation sites (tertiary alicyclic amines) is 1. The highest BCUT2D eigenvalue weighted by atomic mass is 35.5. The summed E-state index contributed by atoms with van der Waals surface area (Å²) >= 11 is 6.19. The van der Waals surface area contributed by atoms with Crippen LogP contribution in [0, 0.1) is 0 Å². The zero-order valence-corrected chi connectivity index (χ0v) is 13.4. The van der Waals surface area contributed by atoms with Gasteiger partial charge in [0, 0.05) is 13.1 Å². The predicted octanol–water partition coefficient (Wildman–Crippen LogP) is 3.06. The minimum Gasteiger partial charge on any atom is -0.366 e. The van der Waals surface area contributed by atoms with E-state index in [1.165, 1.54) is 4.90 Å².